The lowest BCUT2D eigenvalue weighted by Gasteiger charge is -2.38. The molecule has 3 aliphatic heterocycles. The van der Waals surface area contributed by atoms with Crippen LogP contribution in [0.2, 0.25) is 0 Å². The Morgan fingerprint density at radius 1 is 1.07 bits per heavy atom. The highest BCUT2D eigenvalue weighted by Crippen LogP contribution is 2.48. The summed E-state index contributed by atoms with van der Waals surface area (Å²) in [7, 11) is 2.15. The number of carboxylic acid groups (broad SMARTS) is 2. The molecule has 0 radical (unpaired) electrons. The molecule has 2 atom stereocenters. The number of likely N-dealkylation sites (N-methyl/N-ethyl adjacent to an activating group) is 1. The van der Waals surface area contributed by atoms with Crippen LogP contribution in [-0.2, 0) is 14.3 Å². The lowest BCUT2D eigenvalue weighted by atomic mass is 9.97. The van der Waals surface area contributed by atoms with Crippen LogP contribution in [0.5, 0.6) is 17.2 Å². The smallest absolute Gasteiger partial charge is 0.328 e. The first-order chi connectivity index (χ1) is 13.0. The Hall–Kier alpha value is -2.78. The molecule has 0 saturated carbocycles. The van der Waals surface area contributed by atoms with Crippen molar-refractivity contribution in [3.63, 3.8) is 0 Å². The first kappa shape index (κ1) is 19.0. The van der Waals surface area contributed by atoms with Gasteiger partial charge in [0.2, 0.25) is 12.5 Å². The zero-order valence-electron chi connectivity index (χ0n) is 14.8. The number of benzene rings is 1. The fourth-order valence-electron chi connectivity index (χ4n) is 3.26. The molecule has 4 rings (SSSR count). The molecule has 0 spiro atoms. The number of carboxylic acids is 2. The maximum absolute atomic E-state index is 9.55. The van der Waals surface area contributed by atoms with Crippen LogP contribution in [-0.4, -0.2) is 66.7 Å². The third-order valence-corrected chi connectivity index (χ3v) is 4.52. The molecule has 1 saturated heterocycles. The Balaban J connectivity index is 0.000000226. The van der Waals surface area contributed by atoms with Crippen molar-refractivity contribution in [2.75, 3.05) is 33.6 Å². The number of carbonyl (C=O) groups is 2. The number of rotatable bonds is 2. The van der Waals surface area contributed by atoms with Gasteiger partial charge in [-0.1, -0.05) is 0 Å². The van der Waals surface area contributed by atoms with Gasteiger partial charge in [0.1, 0.15) is 6.10 Å². The summed E-state index contributed by atoms with van der Waals surface area (Å²) < 4.78 is 22.9. The summed E-state index contributed by atoms with van der Waals surface area (Å²) in [5, 5.41) is 15.6. The second-order valence-electron chi connectivity index (χ2n) is 6.20. The van der Waals surface area contributed by atoms with E-state index in [1.807, 2.05) is 12.1 Å². The Morgan fingerprint density at radius 2 is 1.81 bits per heavy atom. The second kappa shape index (κ2) is 8.28. The Morgan fingerprint density at radius 3 is 2.52 bits per heavy atom. The predicted molar refractivity (Wildman–Crippen MR) is 92.2 cm³/mol. The van der Waals surface area contributed by atoms with Crippen molar-refractivity contribution in [1.82, 2.24) is 4.90 Å². The number of hydrogen-bond acceptors (Lipinski definition) is 7. The summed E-state index contributed by atoms with van der Waals surface area (Å²) in [5.74, 6) is -0.214. The zero-order valence-corrected chi connectivity index (χ0v) is 14.8. The topological polar surface area (TPSA) is 115 Å². The van der Waals surface area contributed by atoms with E-state index in [0.29, 0.717) is 24.8 Å². The van der Waals surface area contributed by atoms with E-state index < -0.39 is 11.9 Å². The molecule has 27 heavy (non-hydrogen) atoms. The van der Waals surface area contributed by atoms with Crippen LogP contribution < -0.4 is 14.2 Å². The van der Waals surface area contributed by atoms with Crippen molar-refractivity contribution in [2.24, 2.45) is 0 Å². The monoisotopic (exact) mass is 379 g/mol. The molecule has 1 aromatic carbocycles. The van der Waals surface area contributed by atoms with Gasteiger partial charge in [0, 0.05) is 30.3 Å². The summed E-state index contributed by atoms with van der Waals surface area (Å²) in [4.78, 5) is 21.5. The van der Waals surface area contributed by atoms with Crippen molar-refractivity contribution in [1.29, 1.82) is 0 Å². The average molecular weight is 379 g/mol. The highest BCUT2D eigenvalue weighted by molar-refractivity contribution is 5.89. The van der Waals surface area contributed by atoms with Crippen LogP contribution in [0.1, 0.15) is 18.1 Å². The van der Waals surface area contributed by atoms with Crippen LogP contribution in [0.25, 0.3) is 0 Å². The maximum atomic E-state index is 9.55. The number of nitrogens with zero attached hydrogens (tertiary/aromatic N) is 1. The van der Waals surface area contributed by atoms with E-state index in [4.69, 9.17) is 29.2 Å². The molecular formula is C18H21NO8. The van der Waals surface area contributed by atoms with Crippen LogP contribution in [0.15, 0.2) is 24.3 Å². The number of aliphatic carboxylic acids is 2. The van der Waals surface area contributed by atoms with Crippen molar-refractivity contribution in [2.45, 2.75) is 18.6 Å². The van der Waals surface area contributed by atoms with Gasteiger partial charge in [0.05, 0.1) is 13.2 Å². The van der Waals surface area contributed by atoms with Gasteiger partial charge in [0.25, 0.3) is 0 Å². The minimum Gasteiger partial charge on any atom is -0.489 e. The third-order valence-electron chi connectivity index (χ3n) is 4.52. The maximum Gasteiger partial charge on any atom is 0.328 e. The Kier molecular flexibility index (Phi) is 5.82. The molecule has 0 aliphatic carbocycles. The molecule has 146 valence electrons. The van der Waals surface area contributed by atoms with E-state index >= 15 is 0 Å². The van der Waals surface area contributed by atoms with Crippen LogP contribution in [0.3, 0.4) is 0 Å². The summed E-state index contributed by atoms with van der Waals surface area (Å²) in [6.45, 7) is 2.68. The van der Waals surface area contributed by atoms with Gasteiger partial charge < -0.3 is 29.2 Å². The van der Waals surface area contributed by atoms with Gasteiger partial charge in [0.15, 0.2) is 11.5 Å². The Bertz CT molecular complexity index is 731. The molecule has 3 heterocycles. The first-order valence-corrected chi connectivity index (χ1v) is 8.48. The molecule has 1 fully saturated rings. The highest BCUT2D eigenvalue weighted by Gasteiger charge is 2.37. The first-order valence-electron chi connectivity index (χ1n) is 8.48. The number of morpholine rings is 1. The molecule has 0 aromatic heterocycles. The van der Waals surface area contributed by atoms with Crippen LogP contribution in [0, 0.1) is 0 Å². The lowest BCUT2D eigenvalue weighted by Crippen LogP contribution is -2.44. The van der Waals surface area contributed by atoms with E-state index in [1.54, 1.807) is 0 Å². The number of ether oxygens (including phenoxy) is 4. The largest absolute Gasteiger partial charge is 0.489 e. The molecule has 9 nitrogen and oxygen atoms in total. The van der Waals surface area contributed by atoms with Crippen molar-refractivity contribution in [3.05, 3.63) is 29.8 Å². The van der Waals surface area contributed by atoms with Crippen molar-refractivity contribution >= 4 is 11.9 Å². The summed E-state index contributed by atoms with van der Waals surface area (Å²) in [6.07, 6.45) is 2.14. The Labute approximate surface area is 155 Å². The minimum absolute atomic E-state index is 0.0609. The summed E-state index contributed by atoms with van der Waals surface area (Å²) in [6, 6.07) is 4.37. The van der Waals surface area contributed by atoms with E-state index in [-0.39, 0.29) is 12.9 Å². The fourth-order valence-corrected chi connectivity index (χ4v) is 3.26. The molecule has 9 heteroatoms. The van der Waals surface area contributed by atoms with Gasteiger partial charge in [-0.05, 0) is 25.6 Å². The molecule has 0 amide bonds. The normalized spacial score (nSPS) is 23.3. The van der Waals surface area contributed by atoms with Crippen LogP contribution in [0.4, 0.5) is 0 Å². The standard InChI is InChI=1S/C14H17NO4.C4H4O4/c1-15-5-7-17-12-9-2-3-11-14(19-8-18-11)13(9)16-6-4-10(12)15;5-3(6)1-2-4(7)8/h2-3,10,12H,4-8H2,1H3;1-2H,(H,5,6)(H,7,8)/t10-,12-;/m0./s1. The summed E-state index contributed by atoms with van der Waals surface area (Å²) >= 11 is 0. The van der Waals surface area contributed by atoms with Gasteiger partial charge in [-0.25, -0.2) is 9.59 Å². The summed E-state index contributed by atoms with van der Waals surface area (Å²) in [5.41, 5.74) is 1.08. The fraction of sp³-hybridized carbons (Fsp3) is 0.444. The van der Waals surface area contributed by atoms with Gasteiger partial charge in [-0.15, -0.1) is 0 Å². The third kappa shape index (κ3) is 4.32. The molecule has 1 aromatic rings. The van der Waals surface area contributed by atoms with E-state index in [0.717, 1.165) is 42.4 Å². The van der Waals surface area contributed by atoms with Crippen molar-refractivity contribution in [3.8, 4) is 17.2 Å². The minimum atomic E-state index is -1.26. The van der Waals surface area contributed by atoms with Gasteiger partial charge in [-0.2, -0.15) is 0 Å². The van der Waals surface area contributed by atoms with E-state index in [9.17, 15) is 9.59 Å². The molecule has 2 N–H and O–H groups in total. The average Bonchev–Trinajstić information content (AvgIpc) is 3.03. The predicted octanol–water partition coefficient (Wildman–Crippen LogP) is 1.28. The van der Waals surface area contributed by atoms with Gasteiger partial charge >= 0.3 is 11.9 Å². The second-order valence-corrected chi connectivity index (χ2v) is 6.20. The van der Waals surface area contributed by atoms with E-state index in [2.05, 4.69) is 11.9 Å². The lowest BCUT2D eigenvalue weighted by molar-refractivity contribution is -0.134. The zero-order chi connectivity index (χ0) is 19.4. The highest BCUT2D eigenvalue weighted by atomic mass is 16.7. The molecule has 3 aliphatic rings. The van der Waals surface area contributed by atoms with Crippen molar-refractivity contribution < 1.29 is 38.7 Å². The number of fused-ring (bicyclic) bond motifs is 5. The molecule has 0 bridgehead atoms. The molecular weight excluding hydrogens is 358 g/mol. The van der Waals surface area contributed by atoms with Gasteiger partial charge in [-0.3, -0.25) is 4.90 Å². The van der Waals surface area contributed by atoms with E-state index in [1.165, 1.54) is 0 Å². The quantitative estimate of drug-likeness (QED) is 0.733. The molecule has 0 unspecified atom stereocenters. The van der Waals surface area contributed by atoms with Crippen LogP contribution >= 0.6 is 0 Å². The SMILES string of the molecule is CN1CCO[C@H]2c3ccc4c(c3OCC[C@@H]21)OCO4.O=C(O)C=CC(=O)O. The number of hydrogen-bond donors (Lipinski definition) is 2.